The van der Waals surface area contributed by atoms with Crippen molar-refractivity contribution in [3.05, 3.63) is 57.3 Å². The van der Waals surface area contributed by atoms with Gasteiger partial charge in [0.15, 0.2) is 18.5 Å². The van der Waals surface area contributed by atoms with E-state index in [0.717, 1.165) is 5.56 Å². The molecule has 10 heteroatoms. The Morgan fingerprint density at radius 3 is 3.00 bits per heavy atom. The van der Waals surface area contributed by atoms with Gasteiger partial charge in [-0.15, -0.1) is 10.2 Å². The summed E-state index contributed by atoms with van der Waals surface area (Å²) in [4.78, 5) is 32.5. The Morgan fingerprint density at radius 2 is 2.19 bits per heavy atom. The lowest BCUT2D eigenvalue weighted by Crippen LogP contribution is -2.20. The van der Waals surface area contributed by atoms with E-state index in [9.17, 15) is 9.59 Å². The smallest absolute Gasteiger partial charge is 0.330 e. The van der Waals surface area contributed by atoms with E-state index in [1.165, 1.54) is 16.1 Å². The van der Waals surface area contributed by atoms with Crippen LogP contribution in [0.2, 0.25) is 0 Å². The van der Waals surface area contributed by atoms with Crippen molar-refractivity contribution in [3.8, 4) is 11.4 Å². The zero-order chi connectivity index (χ0) is 18.8. The Kier molecular flexibility index (Phi) is 4.47. The van der Waals surface area contributed by atoms with E-state index in [0.29, 0.717) is 16.7 Å². The first-order chi connectivity index (χ1) is 13.1. The number of ether oxygens (including phenoxy) is 1. The van der Waals surface area contributed by atoms with Gasteiger partial charge in [0.1, 0.15) is 0 Å². The summed E-state index contributed by atoms with van der Waals surface area (Å²) in [6.45, 7) is 1.44. The van der Waals surface area contributed by atoms with E-state index >= 15 is 0 Å². The van der Waals surface area contributed by atoms with Gasteiger partial charge in [-0.2, -0.15) is 16.1 Å². The van der Waals surface area contributed by atoms with Crippen molar-refractivity contribution >= 4 is 28.2 Å². The Balaban J connectivity index is 1.46. The summed E-state index contributed by atoms with van der Waals surface area (Å²) in [7, 11) is 0. The molecule has 0 aliphatic heterocycles. The number of nitrogens with one attached hydrogen (secondary N) is 1. The SMILES string of the molecule is C[C@H](OC(=O)Cn1nnc(-c2ccsc2)n1)c1nc2ccccc2c(=O)[nH]1. The highest BCUT2D eigenvalue weighted by molar-refractivity contribution is 7.08. The van der Waals surface area contributed by atoms with Crippen LogP contribution in [0.1, 0.15) is 18.9 Å². The second kappa shape index (κ2) is 7.08. The molecular formula is C17H14N6O3S. The molecule has 1 aromatic carbocycles. The molecule has 27 heavy (non-hydrogen) atoms. The van der Waals surface area contributed by atoms with Crippen LogP contribution in [0.4, 0.5) is 0 Å². The monoisotopic (exact) mass is 382 g/mol. The average molecular weight is 382 g/mol. The number of carbonyl (C=O) groups excluding carboxylic acids is 1. The molecule has 0 unspecified atom stereocenters. The van der Waals surface area contributed by atoms with Crippen molar-refractivity contribution in [2.45, 2.75) is 19.6 Å². The Morgan fingerprint density at radius 1 is 1.33 bits per heavy atom. The Labute approximate surface area is 156 Å². The molecule has 0 saturated carbocycles. The zero-order valence-corrected chi connectivity index (χ0v) is 15.0. The highest BCUT2D eigenvalue weighted by Crippen LogP contribution is 2.17. The molecule has 4 rings (SSSR count). The molecule has 1 N–H and O–H groups in total. The fourth-order valence-electron chi connectivity index (χ4n) is 2.52. The van der Waals surface area contributed by atoms with Gasteiger partial charge < -0.3 is 9.72 Å². The molecule has 1 atom stereocenters. The van der Waals surface area contributed by atoms with Crippen molar-refractivity contribution < 1.29 is 9.53 Å². The van der Waals surface area contributed by atoms with Crippen LogP contribution in [0.3, 0.4) is 0 Å². The number of aromatic nitrogens is 6. The van der Waals surface area contributed by atoms with Crippen LogP contribution in [-0.4, -0.2) is 36.1 Å². The normalized spacial score (nSPS) is 12.2. The Hall–Kier alpha value is -3.40. The molecule has 0 aliphatic rings. The highest BCUT2D eigenvalue weighted by Gasteiger charge is 2.17. The fourth-order valence-corrected chi connectivity index (χ4v) is 3.15. The third kappa shape index (κ3) is 3.60. The summed E-state index contributed by atoms with van der Waals surface area (Å²) < 4.78 is 5.35. The number of thiophene rings is 1. The zero-order valence-electron chi connectivity index (χ0n) is 14.2. The van der Waals surface area contributed by atoms with Crippen LogP contribution in [0, 0.1) is 0 Å². The van der Waals surface area contributed by atoms with Crippen LogP contribution in [0.25, 0.3) is 22.3 Å². The highest BCUT2D eigenvalue weighted by atomic mass is 32.1. The summed E-state index contributed by atoms with van der Waals surface area (Å²) in [5.74, 6) is 0.155. The second-order valence-corrected chi connectivity index (χ2v) is 6.54. The van der Waals surface area contributed by atoms with Crippen molar-refractivity contribution in [2.75, 3.05) is 0 Å². The van der Waals surface area contributed by atoms with Crippen molar-refractivity contribution in [2.24, 2.45) is 0 Å². The number of nitrogens with zero attached hydrogens (tertiary/aromatic N) is 5. The van der Waals surface area contributed by atoms with E-state index in [4.69, 9.17) is 4.74 Å². The van der Waals surface area contributed by atoms with Crippen LogP contribution < -0.4 is 5.56 Å². The summed E-state index contributed by atoms with van der Waals surface area (Å²) in [5.41, 5.74) is 1.10. The maximum absolute atomic E-state index is 12.2. The number of rotatable bonds is 5. The lowest BCUT2D eigenvalue weighted by Gasteiger charge is -2.12. The molecule has 4 aromatic rings. The molecule has 9 nitrogen and oxygen atoms in total. The number of hydrogen-bond donors (Lipinski definition) is 1. The van der Waals surface area contributed by atoms with Crippen molar-refractivity contribution in [1.82, 2.24) is 30.2 Å². The minimum atomic E-state index is -0.727. The van der Waals surface area contributed by atoms with Gasteiger partial charge >= 0.3 is 5.97 Å². The minimum Gasteiger partial charge on any atom is -0.453 e. The van der Waals surface area contributed by atoms with Gasteiger partial charge in [0.25, 0.3) is 5.56 Å². The summed E-state index contributed by atoms with van der Waals surface area (Å²) >= 11 is 1.52. The third-order valence-corrected chi connectivity index (χ3v) is 4.51. The molecule has 0 radical (unpaired) electrons. The van der Waals surface area contributed by atoms with Gasteiger partial charge in [0.05, 0.1) is 10.9 Å². The minimum absolute atomic E-state index is 0.195. The summed E-state index contributed by atoms with van der Waals surface area (Å²) in [6.07, 6.45) is -0.727. The molecule has 3 aromatic heterocycles. The van der Waals surface area contributed by atoms with Crippen LogP contribution in [0.5, 0.6) is 0 Å². The molecule has 3 heterocycles. The molecule has 0 spiro atoms. The standard InChI is InChI=1S/C17H14N6O3S/c1-10(15-18-13-5-3-2-4-12(13)17(25)19-15)26-14(24)8-23-21-16(20-22-23)11-6-7-27-9-11/h2-7,9-10H,8H2,1H3,(H,18,19,25)/t10-/m0/s1. The lowest BCUT2D eigenvalue weighted by molar-refractivity contribution is -0.150. The molecule has 0 amide bonds. The van der Waals surface area contributed by atoms with E-state index in [2.05, 4.69) is 25.4 Å². The maximum Gasteiger partial charge on any atom is 0.330 e. The number of fused-ring (bicyclic) bond motifs is 1. The molecule has 0 aliphatic carbocycles. The number of H-pyrrole nitrogens is 1. The van der Waals surface area contributed by atoms with E-state index in [1.54, 1.807) is 31.2 Å². The molecule has 0 saturated heterocycles. The number of aromatic amines is 1. The Bertz CT molecular complexity index is 1150. The van der Waals surface area contributed by atoms with Crippen molar-refractivity contribution in [1.29, 1.82) is 0 Å². The number of para-hydroxylation sites is 1. The van der Waals surface area contributed by atoms with Gasteiger partial charge in [-0.25, -0.2) is 9.78 Å². The topological polar surface area (TPSA) is 116 Å². The van der Waals surface area contributed by atoms with Crippen molar-refractivity contribution in [3.63, 3.8) is 0 Å². The first-order valence-corrected chi connectivity index (χ1v) is 9.03. The maximum atomic E-state index is 12.2. The molecule has 136 valence electrons. The molecular weight excluding hydrogens is 368 g/mol. The van der Waals surface area contributed by atoms with E-state index in [-0.39, 0.29) is 17.9 Å². The number of tetrazole rings is 1. The van der Waals surface area contributed by atoms with Gasteiger partial charge in [-0.1, -0.05) is 12.1 Å². The predicted molar refractivity (Wildman–Crippen MR) is 98.0 cm³/mol. The first kappa shape index (κ1) is 17.0. The predicted octanol–water partition coefficient (Wildman–Crippen LogP) is 1.94. The number of carbonyl (C=O) groups is 1. The van der Waals surface area contributed by atoms with Crippen LogP contribution in [0.15, 0.2) is 45.9 Å². The second-order valence-electron chi connectivity index (χ2n) is 5.76. The van der Waals surface area contributed by atoms with Gasteiger partial charge in [0.2, 0.25) is 5.82 Å². The quantitative estimate of drug-likeness (QED) is 0.524. The van der Waals surface area contributed by atoms with Gasteiger partial charge in [-0.3, -0.25) is 4.79 Å². The largest absolute Gasteiger partial charge is 0.453 e. The summed E-state index contributed by atoms with van der Waals surface area (Å²) in [6, 6.07) is 8.83. The lowest BCUT2D eigenvalue weighted by atomic mass is 10.2. The molecule has 0 fully saturated rings. The van der Waals surface area contributed by atoms with E-state index in [1.807, 2.05) is 16.8 Å². The summed E-state index contributed by atoms with van der Waals surface area (Å²) in [5, 5.41) is 16.2. The fraction of sp³-hybridized carbons (Fsp3) is 0.176. The van der Waals surface area contributed by atoms with Gasteiger partial charge in [0, 0.05) is 10.9 Å². The number of esters is 1. The van der Waals surface area contributed by atoms with Crippen LogP contribution in [-0.2, 0) is 16.1 Å². The third-order valence-electron chi connectivity index (χ3n) is 3.83. The van der Waals surface area contributed by atoms with Gasteiger partial charge in [-0.05, 0) is 35.7 Å². The first-order valence-electron chi connectivity index (χ1n) is 8.09. The average Bonchev–Trinajstić information content (AvgIpc) is 3.33. The van der Waals surface area contributed by atoms with E-state index < -0.39 is 12.1 Å². The molecule has 0 bridgehead atoms. The van der Waals surface area contributed by atoms with Crippen LogP contribution >= 0.6 is 11.3 Å². The number of benzene rings is 1. The number of hydrogen-bond acceptors (Lipinski definition) is 8.